The molecule has 17 heavy (non-hydrogen) atoms. The molecule has 0 spiro atoms. The van der Waals surface area contributed by atoms with Crippen molar-refractivity contribution in [1.82, 2.24) is 20.1 Å². The Bertz CT molecular complexity index is 528. The van der Waals surface area contributed by atoms with Crippen molar-refractivity contribution in [1.29, 1.82) is 0 Å². The van der Waals surface area contributed by atoms with Gasteiger partial charge in [-0.3, -0.25) is 4.98 Å². The van der Waals surface area contributed by atoms with Crippen LogP contribution in [0, 0.1) is 20.8 Å². The first-order valence-corrected chi connectivity index (χ1v) is 5.75. The van der Waals surface area contributed by atoms with Crippen molar-refractivity contribution in [2.24, 2.45) is 0 Å². The van der Waals surface area contributed by atoms with Gasteiger partial charge in [0.05, 0.1) is 17.6 Å². The average Bonchev–Trinajstić information content (AvgIpc) is 2.58. The Morgan fingerprint density at radius 1 is 1.24 bits per heavy atom. The summed E-state index contributed by atoms with van der Waals surface area (Å²) >= 11 is 0. The second-order valence-electron chi connectivity index (χ2n) is 4.29. The Balaban J connectivity index is 2.45. The van der Waals surface area contributed by atoms with Crippen LogP contribution in [0.15, 0.2) is 18.5 Å². The fourth-order valence-electron chi connectivity index (χ4n) is 1.86. The van der Waals surface area contributed by atoms with Gasteiger partial charge in [-0.15, -0.1) is 0 Å². The van der Waals surface area contributed by atoms with Crippen molar-refractivity contribution in [3.63, 3.8) is 0 Å². The molecule has 90 valence electrons. The predicted octanol–water partition coefficient (Wildman–Crippen LogP) is 1.91. The SMILES string of the molecule is CNCc1cncc(-n2nc(C)c(C)c2C)c1. The van der Waals surface area contributed by atoms with Gasteiger partial charge >= 0.3 is 0 Å². The quantitative estimate of drug-likeness (QED) is 0.876. The van der Waals surface area contributed by atoms with Crippen LogP contribution in [0.3, 0.4) is 0 Å². The molecule has 2 rings (SSSR count). The van der Waals surface area contributed by atoms with Gasteiger partial charge in [0.2, 0.25) is 0 Å². The van der Waals surface area contributed by atoms with E-state index in [4.69, 9.17) is 0 Å². The minimum absolute atomic E-state index is 0.819. The predicted molar refractivity (Wildman–Crippen MR) is 68.3 cm³/mol. The molecule has 0 saturated heterocycles. The summed E-state index contributed by atoms with van der Waals surface area (Å²) in [5.74, 6) is 0. The summed E-state index contributed by atoms with van der Waals surface area (Å²) in [6.07, 6.45) is 3.72. The number of nitrogens with one attached hydrogen (secondary N) is 1. The molecular formula is C13H18N4. The van der Waals surface area contributed by atoms with Crippen LogP contribution in [0.4, 0.5) is 0 Å². The van der Waals surface area contributed by atoms with E-state index in [0.29, 0.717) is 0 Å². The molecule has 0 fully saturated rings. The minimum Gasteiger partial charge on any atom is -0.316 e. The first kappa shape index (κ1) is 11.8. The molecule has 0 atom stereocenters. The van der Waals surface area contributed by atoms with Gasteiger partial charge in [-0.1, -0.05) is 0 Å². The number of aromatic nitrogens is 3. The molecule has 2 aromatic heterocycles. The molecule has 0 bridgehead atoms. The smallest absolute Gasteiger partial charge is 0.0835 e. The van der Waals surface area contributed by atoms with Crippen LogP contribution in [0.2, 0.25) is 0 Å². The maximum Gasteiger partial charge on any atom is 0.0835 e. The number of nitrogens with zero attached hydrogens (tertiary/aromatic N) is 3. The van der Waals surface area contributed by atoms with Crippen LogP contribution in [0.25, 0.3) is 5.69 Å². The maximum atomic E-state index is 4.54. The van der Waals surface area contributed by atoms with Gasteiger partial charge in [0.25, 0.3) is 0 Å². The van der Waals surface area contributed by atoms with Crippen LogP contribution in [-0.2, 0) is 6.54 Å². The topological polar surface area (TPSA) is 42.7 Å². The van der Waals surface area contributed by atoms with Crippen LogP contribution in [0.5, 0.6) is 0 Å². The zero-order chi connectivity index (χ0) is 12.4. The lowest BCUT2D eigenvalue weighted by Crippen LogP contribution is -2.07. The molecule has 0 unspecified atom stereocenters. The zero-order valence-corrected chi connectivity index (χ0v) is 10.8. The Morgan fingerprint density at radius 2 is 2.00 bits per heavy atom. The van der Waals surface area contributed by atoms with E-state index in [1.807, 2.05) is 31.0 Å². The maximum absolute atomic E-state index is 4.54. The van der Waals surface area contributed by atoms with Crippen molar-refractivity contribution < 1.29 is 0 Å². The van der Waals surface area contributed by atoms with Crippen LogP contribution in [-0.4, -0.2) is 21.8 Å². The van der Waals surface area contributed by atoms with E-state index in [0.717, 1.165) is 23.5 Å². The normalized spacial score (nSPS) is 10.8. The van der Waals surface area contributed by atoms with Gasteiger partial charge < -0.3 is 5.32 Å². The molecule has 4 heteroatoms. The monoisotopic (exact) mass is 230 g/mol. The molecule has 0 radical (unpaired) electrons. The van der Waals surface area contributed by atoms with Gasteiger partial charge in [0.15, 0.2) is 0 Å². The summed E-state index contributed by atoms with van der Waals surface area (Å²) in [5.41, 5.74) is 5.66. The number of rotatable bonds is 3. The second kappa shape index (κ2) is 4.67. The Morgan fingerprint density at radius 3 is 2.59 bits per heavy atom. The van der Waals surface area contributed by atoms with E-state index < -0.39 is 0 Å². The highest BCUT2D eigenvalue weighted by Crippen LogP contribution is 2.16. The molecule has 0 aromatic carbocycles. The summed E-state index contributed by atoms with van der Waals surface area (Å²) in [4.78, 5) is 4.26. The fourth-order valence-corrected chi connectivity index (χ4v) is 1.86. The Hall–Kier alpha value is -1.68. The number of pyridine rings is 1. The van der Waals surface area contributed by atoms with Crippen molar-refractivity contribution >= 4 is 0 Å². The first-order chi connectivity index (χ1) is 8.13. The minimum atomic E-state index is 0.819. The van der Waals surface area contributed by atoms with E-state index in [1.54, 1.807) is 0 Å². The van der Waals surface area contributed by atoms with Gasteiger partial charge in [-0.25, -0.2) is 4.68 Å². The summed E-state index contributed by atoms with van der Waals surface area (Å²) in [6.45, 7) is 7.03. The summed E-state index contributed by atoms with van der Waals surface area (Å²) in [5, 5.41) is 7.66. The number of hydrogen-bond acceptors (Lipinski definition) is 3. The molecule has 0 saturated carbocycles. The van der Waals surface area contributed by atoms with Gasteiger partial charge in [0, 0.05) is 18.4 Å². The fraction of sp³-hybridized carbons (Fsp3) is 0.385. The van der Waals surface area contributed by atoms with Crippen LogP contribution in [0.1, 0.15) is 22.5 Å². The third-order valence-electron chi connectivity index (χ3n) is 3.06. The number of hydrogen-bond donors (Lipinski definition) is 1. The molecule has 0 aliphatic heterocycles. The summed E-state index contributed by atoms with van der Waals surface area (Å²) < 4.78 is 1.96. The lowest BCUT2D eigenvalue weighted by atomic mass is 10.2. The van der Waals surface area contributed by atoms with Crippen LogP contribution < -0.4 is 5.32 Å². The molecule has 1 N–H and O–H groups in total. The summed E-state index contributed by atoms with van der Waals surface area (Å²) in [6, 6.07) is 2.11. The highest BCUT2D eigenvalue weighted by Gasteiger charge is 2.09. The molecule has 2 heterocycles. The van der Waals surface area contributed by atoms with Crippen molar-refractivity contribution in [2.45, 2.75) is 27.3 Å². The third kappa shape index (κ3) is 2.22. The average molecular weight is 230 g/mol. The molecule has 0 aliphatic carbocycles. The highest BCUT2D eigenvalue weighted by atomic mass is 15.3. The van der Waals surface area contributed by atoms with Gasteiger partial charge in [-0.2, -0.15) is 5.10 Å². The van der Waals surface area contributed by atoms with Crippen molar-refractivity contribution in [3.05, 3.63) is 41.0 Å². The van der Waals surface area contributed by atoms with E-state index in [9.17, 15) is 0 Å². The second-order valence-corrected chi connectivity index (χ2v) is 4.29. The standard InChI is InChI=1S/C13H18N4/c1-9-10(2)16-17(11(9)3)13-5-12(6-14-4)7-15-8-13/h5,7-8,14H,6H2,1-4H3. The van der Waals surface area contributed by atoms with E-state index in [1.165, 1.54) is 11.3 Å². The van der Waals surface area contributed by atoms with Crippen molar-refractivity contribution in [2.75, 3.05) is 7.05 Å². The molecular weight excluding hydrogens is 212 g/mol. The lowest BCUT2D eigenvalue weighted by Gasteiger charge is -2.06. The van der Waals surface area contributed by atoms with E-state index in [-0.39, 0.29) is 0 Å². The lowest BCUT2D eigenvalue weighted by molar-refractivity contribution is 0.795. The molecule has 0 amide bonds. The highest BCUT2D eigenvalue weighted by molar-refractivity contribution is 5.36. The molecule has 0 aliphatic rings. The molecule has 2 aromatic rings. The van der Waals surface area contributed by atoms with Gasteiger partial charge in [-0.05, 0) is 45.0 Å². The van der Waals surface area contributed by atoms with Crippen LogP contribution >= 0.6 is 0 Å². The van der Waals surface area contributed by atoms with Crippen molar-refractivity contribution in [3.8, 4) is 5.69 Å². The number of aryl methyl sites for hydroxylation is 1. The van der Waals surface area contributed by atoms with E-state index >= 15 is 0 Å². The Labute approximate surface area is 102 Å². The third-order valence-corrected chi connectivity index (χ3v) is 3.06. The van der Waals surface area contributed by atoms with Gasteiger partial charge in [0.1, 0.15) is 0 Å². The largest absolute Gasteiger partial charge is 0.316 e. The molecule has 4 nitrogen and oxygen atoms in total. The van der Waals surface area contributed by atoms with E-state index in [2.05, 4.69) is 35.3 Å². The first-order valence-electron chi connectivity index (χ1n) is 5.75. The zero-order valence-electron chi connectivity index (χ0n) is 10.8. The Kier molecular flexibility index (Phi) is 3.24. The summed E-state index contributed by atoms with van der Waals surface area (Å²) in [7, 11) is 1.93.